The van der Waals surface area contributed by atoms with Gasteiger partial charge in [-0.1, -0.05) is 91.0 Å². The molecule has 2 aromatic heterocycles. The van der Waals surface area contributed by atoms with Crippen LogP contribution in [-0.2, 0) is 5.41 Å². The van der Waals surface area contributed by atoms with Crippen molar-refractivity contribution in [3.63, 3.8) is 0 Å². The molecule has 0 fully saturated rings. The summed E-state index contributed by atoms with van der Waals surface area (Å²) in [5.74, 6) is 0.755. The van der Waals surface area contributed by atoms with Crippen LogP contribution in [0.25, 0.3) is 44.9 Å². The minimum Gasteiger partial charge on any atom is -0.251 e. The van der Waals surface area contributed by atoms with Gasteiger partial charge in [0.2, 0.25) is 0 Å². The number of fused-ring (bicyclic) bond motifs is 3. The van der Waals surface area contributed by atoms with Gasteiger partial charge < -0.3 is 0 Å². The molecule has 6 rings (SSSR count). The van der Waals surface area contributed by atoms with Crippen molar-refractivity contribution in [2.45, 2.75) is 19.3 Å². The minimum atomic E-state index is -0.311. The normalized spacial score (nSPS) is 13.4. The Labute approximate surface area is 193 Å². The van der Waals surface area contributed by atoms with Crippen molar-refractivity contribution in [2.24, 2.45) is 0 Å². The summed E-state index contributed by atoms with van der Waals surface area (Å²) in [6, 6.07) is 33.4. The SMILES string of the molecule is CC1(C)c2nc(-c3ccccc3-c3ccccc3)ccc2-c2cnc(-c3ccccc3)nc21. The van der Waals surface area contributed by atoms with Crippen molar-refractivity contribution in [2.75, 3.05) is 0 Å². The highest BCUT2D eigenvalue weighted by molar-refractivity contribution is 5.84. The van der Waals surface area contributed by atoms with E-state index < -0.39 is 0 Å². The highest BCUT2D eigenvalue weighted by Gasteiger charge is 2.39. The molecule has 0 saturated carbocycles. The molecule has 33 heavy (non-hydrogen) atoms. The Morgan fingerprint density at radius 1 is 0.515 bits per heavy atom. The molecule has 0 atom stereocenters. The Hall–Kier alpha value is -4.11. The predicted molar refractivity (Wildman–Crippen MR) is 134 cm³/mol. The van der Waals surface area contributed by atoms with Gasteiger partial charge in [0.25, 0.3) is 0 Å². The second kappa shape index (κ2) is 7.49. The lowest BCUT2D eigenvalue weighted by molar-refractivity contribution is 0.616. The summed E-state index contributed by atoms with van der Waals surface area (Å²) in [7, 11) is 0. The fraction of sp³-hybridized carbons (Fsp3) is 0.100. The van der Waals surface area contributed by atoms with E-state index in [4.69, 9.17) is 9.97 Å². The Bertz CT molecular complexity index is 1470. The first-order valence-corrected chi connectivity index (χ1v) is 11.2. The van der Waals surface area contributed by atoms with Crippen molar-refractivity contribution in [1.82, 2.24) is 15.0 Å². The quantitative estimate of drug-likeness (QED) is 0.307. The van der Waals surface area contributed by atoms with Crippen LogP contribution in [0.4, 0.5) is 0 Å². The zero-order valence-corrected chi connectivity index (χ0v) is 18.7. The van der Waals surface area contributed by atoms with Crippen LogP contribution in [0, 0.1) is 0 Å². The van der Waals surface area contributed by atoms with Gasteiger partial charge in [0.05, 0.1) is 22.5 Å². The van der Waals surface area contributed by atoms with Gasteiger partial charge in [0, 0.05) is 28.5 Å². The molecule has 0 unspecified atom stereocenters. The first kappa shape index (κ1) is 19.6. The maximum atomic E-state index is 5.21. The highest BCUT2D eigenvalue weighted by Crippen LogP contribution is 2.47. The molecule has 2 heterocycles. The lowest BCUT2D eigenvalue weighted by Crippen LogP contribution is -2.19. The van der Waals surface area contributed by atoms with E-state index in [1.165, 1.54) is 11.1 Å². The Kier molecular flexibility index (Phi) is 4.44. The van der Waals surface area contributed by atoms with Crippen LogP contribution in [0.15, 0.2) is 103 Å². The Morgan fingerprint density at radius 2 is 1.12 bits per heavy atom. The number of hydrogen-bond acceptors (Lipinski definition) is 3. The average molecular weight is 426 g/mol. The minimum absolute atomic E-state index is 0.311. The second-order valence-electron chi connectivity index (χ2n) is 8.95. The molecule has 3 nitrogen and oxygen atoms in total. The van der Waals surface area contributed by atoms with Gasteiger partial charge in [-0.25, -0.2) is 9.97 Å². The van der Waals surface area contributed by atoms with E-state index in [1.54, 1.807) is 0 Å². The molecular formula is C30H23N3. The van der Waals surface area contributed by atoms with Gasteiger partial charge in [-0.2, -0.15) is 0 Å². The van der Waals surface area contributed by atoms with Crippen molar-refractivity contribution >= 4 is 0 Å². The third kappa shape index (κ3) is 3.16. The highest BCUT2D eigenvalue weighted by atomic mass is 14.9. The molecule has 5 aromatic rings. The van der Waals surface area contributed by atoms with Crippen LogP contribution in [-0.4, -0.2) is 15.0 Å². The van der Waals surface area contributed by atoms with E-state index in [-0.39, 0.29) is 5.41 Å². The molecule has 3 heteroatoms. The number of benzene rings is 3. The van der Waals surface area contributed by atoms with Gasteiger partial charge in [-0.15, -0.1) is 0 Å². The summed E-state index contributed by atoms with van der Waals surface area (Å²) in [6.45, 7) is 4.42. The summed E-state index contributed by atoms with van der Waals surface area (Å²) in [5.41, 5.74) is 9.48. The topological polar surface area (TPSA) is 38.7 Å². The van der Waals surface area contributed by atoms with Crippen molar-refractivity contribution in [1.29, 1.82) is 0 Å². The maximum absolute atomic E-state index is 5.21. The molecule has 158 valence electrons. The molecular weight excluding hydrogens is 402 g/mol. The van der Waals surface area contributed by atoms with Crippen LogP contribution in [0.3, 0.4) is 0 Å². The number of pyridine rings is 1. The molecule has 0 aliphatic heterocycles. The van der Waals surface area contributed by atoms with Crippen LogP contribution >= 0.6 is 0 Å². The van der Waals surface area contributed by atoms with E-state index in [9.17, 15) is 0 Å². The molecule has 0 N–H and O–H groups in total. The third-order valence-electron chi connectivity index (χ3n) is 6.48. The molecule has 0 spiro atoms. The van der Waals surface area contributed by atoms with E-state index >= 15 is 0 Å². The van der Waals surface area contributed by atoms with Crippen molar-refractivity contribution < 1.29 is 0 Å². The van der Waals surface area contributed by atoms with Gasteiger partial charge in [-0.05, 0) is 31.0 Å². The van der Waals surface area contributed by atoms with E-state index in [1.807, 2.05) is 42.6 Å². The number of hydrogen-bond donors (Lipinski definition) is 0. The summed E-state index contributed by atoms with van der Waals surface area (Å²) in [4.78, 5) is 14.9. The van der Waals surface area contributed by atoms with Crippen LogP contribution in [0.5, 0.6) is 0 Å². The molecule has 0 radical (unpaired) electrons. The third-order valence-corrected chi connectivity index (χ3v) is 6.48. The summed E-state index contributed by atoms with van der Waals surface area (Å²) < 4.78 is 0. The van der Waals surface area contributed by atoms with Gasteiger partial charge in [0.1, 0.15) is 0 Å². The first-order chi connectivity index (χ1) is 16.1. The van der Waals surface area contributed by atoms with E-state index in [0.717, 1.165) is 45.2 Å². The molecule has 1 aliphatic rings. The summed E-state index contributed by atoms with van der Waals surface area (Å²) in [6.07, 6.45) is 1.96. The largest absolute Gasteiger partial charge is 0.251 e. The molecule has 3 aromatic carbocycles. The molecule has 0 saturated heterocycles. The fourth-order valence-electron chi connectivity index (χ4n) is 4.77. The van der Waals surface area contributed by atoms with E-state index in [0.29, 0.717) is 0 Å². The number of aromatic nitrogens is 3. The standard InChI is InChI=1S/C30H23N3/c1-30(2)27-24(25-19-31-29(33-28(25)30)21-13-7-4-8-14-21)17-18-26(32-27)23-16-10-9-15-22(23)20-11-5-3-6-12-20/h3-19H,1-2H3. The monoisotopic (exact) mass is 425 g/mol. The Balaban J connectivity index is 1.48. The second-order valence-corrected chi connectivity index (χ2v) is 8.95. The van der Waals surface area contributed by atoms with Gasteiger partial charge in [0.15, 0.2) is 5.82 Å². The number of rotatable bonds is 3. The lowest BCUT2D eigenvalue weighted by atomic mass is 9.88. The van der Waals surface area contributed by atoms with Crippen LogP contribution in [0.1, 0.15) is 25.2 Å². The predicted octanol–water partition coefficient (Wildman–Crippen LogP) is 7.18. The van der Waals surface area contributed by atoms with Crippen molar-refractivity contribution in [3.8, 4) is 44.9 Å². The molecule has 0 bridgehead atoms. The average Bonchev–Trinajstić information content (AvgIpc) is 3.11. The molecule has 1 aliphatic carbocycles. The van der Waals surface area contributed by atoms with E-state index in [2.05, 4.69) is 79.5 Å². The van der Waals surface area contributed by atoms with Gasteiger partial charge >= 0.3 is 0 Å². The molecule has 0 amide bonds. The number of nitrogens with zero attached hydrogens (tertiary/aromatic N) is 3. The fourth-order valence-corrected chi connectivity index (χ4v) is 4.77. The Morgan fingerprint density at radius 3 is 1.85 bits per heavy atom. The lowest BCUT2D eigenvalue weighted by Gasteiger charge is -2.20. The summed E-state index contributed by atoms with van der Waals surface area (Å²) >= 11 is 0. The first-order valence-electron chi connectivity index (χ1n) is 11.2. The van der Waals surface area contributed by atoms with Gasteiger partial charge in [-0.3, -0.25) is 4.98 Å². The van der Waals surface area contributed by atoms with Crippen molar-refractivity contribution in [3.05, 3.63) is 115 Å². The van der Waals surface area contributed by atoms with Crippen LogP contribution < -0.4 is 0 Å². The zero-order chi connectivity index (χ0) is 22.4. The smallest absolute Gasteiger partial charge is 0.159 e. The maximum Gasteiger partial charge on any atom is 0.159 e. The van der Waals surface area contributed by atoms with Crippen LogP contribution in [0.2, 0.25) is 0 Å². The summed E-state index contributed by atoms with van der Waals surface area (Å²) in [5, 5.41) is 0. The zero-order valence-electron chi connectivity index (χ0n) is 18.7.